The van der Waals surface area contributed by atoms with Crippen molar-refractivity contribution in [1.29, 1.82) is 0 Å². The van der Waals surface area contributed by atoms with E-state index in [0.717, 1.165) is 50.7 Å². The highest BCUT2D eigenvalue weighted by Gasteiger charge is 2.18. The van der Waals surface area contributed by atoms with Crippen molar-refractivity contribution in [3.63, 3.8) is 0 Å². The maximum absolute atomic E-state index is 5.67. The van der Waals surface area contributed by atoms with Gasteiger partial charge >= 0.3 is 0 Å². The van der Waals surface area contributed by atoms with Gasteiger partial charge in [-0.05, 0) is 30.9 Å². The van der Waals surface area contributed by atoms with E-state index < -0.39 is 0 Å². The summed E-state index contributed by atoms with van der Waals surface area (Å²) >= 11 is 0. The highest BCUT2D eigenvalue weighted by Crippen LogP contribution is 2.21. The first kappa shape index (κ1) is 15.3. The quantitative estimate of drug-likeness (QED) is 0.931. The molecular weight excluding hydrogens is 300 g/mol. The van der Waals surface area contributed by atoms with Gasteiger partial charge in [0, 0.05) is 57.1 Å². The van der Waals surface area contributed by atoms with Crippen molar-refractivity contribution in [3.05, 3.63) is 41.3 Å². The van der Waals surface area contributed by atoms with Gasteiger partial charge in [0.25, 0.3) is 0 Å². The van der Waals surface area contributed by atoms with Crippen LogP contribution in [0, 0.1) is 0 Å². The lowest BCUT2D eigenvalue weighted by molar-refractivity contribution is 0.242. The standard InChI is InChI=1S/C18H24N6/c19-18-21-11-15-13-23(9-6-16(15)22-18)12-14-4-5-17(20-10-14)24-7-2-1-3-8-24/h4-5,10-11H,1-3,6-9,12-13H2,(H2,19,21,22). The predicted molar refractivity (Wildman–Crippen MR) is 94.6 cm³/mol. The van der Waals surface area contributed by atoms with Gasteiger partial charge in [0.05, 0.1) is 5.69 Å². The fourth-order valence-corrected chi connectivity index (χ4v) is 3.60. The van der Waals surface area contributed by atoms with E-state index in [0.29, 0.717) is 5.95 Å². The molecule has 4 rings (SSSR count). The Kier molecular flexibility index (Phi) is 4.30. The third-order valence-electron chi connectivity index (χ3n) is 4.93. The molecule has 2 N–H and O–H groups in total. The molecule has 6 nitrogen and oxygen atoms in total. The van der Waals surface area contributed by atoms with Crippen molar-refractivity contribution >= 4 is 11.8 Å². The molecule has 6 heteroatoms. The summed E-state index contributed by atoms with van der Waals surface area (Å²) in [5.74, 6) is 1.49. The highest BCUT2D eigenvalue weighted by molar-refractivity contribution is 5.39. The Balaban J connectivity index is 1.40. The fraction of sp³-hybridized carbons (Fsp3) is 0.500. The van der Waals surface area contributed by atoms with E-state index >= 15 is 0 Å². The van der Waals surface area contributed by atoms with Crippen molar-refractivity contribution in [2.24, 2.45) is 0 Å². The molecule has 0 unspecified atom stereocenters. The normalized spacial score (nSPS) is 18.4. The molecule has 0 aromatic carbocycles. The van der Waals surface area contributed by atoms with Crippen LogP contribution in [0.3, 0.4) is 0 Å². The van der Waals surface area contributed by atoms with E-state index in [1.807, 2.05) is 12.4 Å². The first-order valence-electron chi connectivity index (χ1n) is 8.80. The average Bonchev–Trinajstić information content (AvgIpc) is 2.63. The minimum Gasteiger partial charge on any atom is -0.368 e. The van der Waals surface area contributed by atoms with Crippen LogP contribution in [0.15, 0.2) is 24.5 Å². The molecule has 0 radical (unpaired) electrons. The maximum Gasteiger partial charge on any atom is 0.220 e. The van der Waals surface area contributed by atoms with Crippen LogP contribution < -0.4 is 10.6 Å². The predicted octanol–water partition coefficient (Wildman–Crippen LogP) is 2.00. The zero-order chi connectivity index (χ0) is 16.4. The second-order valence-corrected chi connectivity index (χ2v) is 6.73. The lowest BCUT2D eigenvalue weighted by Gasteiger charge is -2.29. The number of pyridine rings is 1. The first-order chi connectivity index (χ1) is 11.8. The summed E-state index contributed by atoms with van der Waals surface area (Å²) in [4.78, 5) is 18.0. The maximum atomic E-state index is 5.67. The van der Waals surface area contributed by atoms with Gasteiger partial charge in [-0.15, -0.1) is 0 Å². The van der Waals surface area contributed by atoms with Gasteiger partial charge in [0.15, 0.2) is 0 Å². The Morgan fingerprint density at radius 2 is 1.88 bits per heavy atom. The topological polar surface area (TPSA) is 71.2 Å². The summed E-state index contributed by atoms with van der Waals surface area (Å²) in [7, 11) is 0. The number of nitrogen functional groups attached to an aromatic ring is 1. The van der Waals surface area contributed by atoms with Crippen molar-refractivity contribution in [2.75, 3.05) is 30.3 Å². The molecule has 0 saturated carbocycles. The van der Waals surface area contributed by atoms with E-state index in [2.05, 4.69) is 36.9 Å². The number of rotatable bonds is 3. The smallest absolute Gasteiger partial charge is 0.220 e. The van der Waals surface area contributed by atoms with Crippen molar-refractivity contribution in [1.82, 2.24) is 19.9 Å². The van der Waals surface area contributed by atoms with E-state index in [-0.39, 0.29) is 0 Å². The van der Waals surface area contributed by atoms with E-state index in [1.165, 1.54) is 30.4 Å². The van der Waals surface area contributed by atoms with Gasteiger partial charge in [-0.25, -0.2) is 15.0 Å². The first-order valence-corrected chi connectivity index (χ1v) is 8.80. The molecular formula is C18H24N6. The summed E-state index contributed by atoms with van der Waals surface area (Å²) in [6.45, 7) is 5.06. The largest absolute Gasteiger partial charge is 0.368 e. The van der Waals surface area contributed by atoms with Crippen LogP contribution in [-0.2, 0) is 19.5 Å². The second kappa shape index (κ2) is 6.73. The number of fused-ring (bicyclic) bond motifs is 1. The molecule has 24 heavy (non-hydrogen) atoms. The van der Waals surface area contributed by atoms with Gasteiger partial charge in [-0.1, -0.05) is 6.07 Å². The minimum atomic E-state index is 0.375. The van der Waals surface area contributed by atoms with Crippen LogP contribution in [0.1, 0.15) is 36.1 Å². The monoisotopic (exact) mass is 324 g/mol. The number of hydrogen-bond donors (Lipinski definition) is 1. The Labute approximate surface area is 142 Å². The fourth-order valence-electron chi connectivity index (χ4n) is 3.60. The number of aromatic nitrogens is 3. The third-order valence-corrected chi connectivity index (χ3v) is 4.93. The summed E-state index contributed by atoms with van der Waals surface area (Å²) in [6.07, 6.45) is 8.73. The number of nitrogens with two attached hydrogens (primary N) is 1. The molecule has 1 saturated heterocycles. The molecule has 0 amide bonds. The molecule has 1 fully saturated rings. The number of anilines is 2. The second-order valence-electron chi connectivity index (χ2n) is 6.73. The summed E-state index contributed by atoms with van der Waals surface area (Å²) < 4.78 is 0. The number of hydrogen-bond acceptors (Lipinski definition) is 6. The lowest BCUT2D eigenvalue weighted by atomic mass is 10.1. The van der Waals surface area contributed by atoms with Gasteiger partial charge in [0.1, 0.15) is 5.82 Å². The molecule has 2 aliphatic rings. The molecule has 2 aromatic heterocycles. The van der Waals surface area contributed by atoms with Gasteiger partial charge in [0.2, 0.25) is 5.95 Å². The SMILES string of the molecule is Nc1ncc2c(n1)CCN(Cc1ccc(N3CCCCC3)nc1)C2. The molecule has 2 aromatic rings. The number of piperidine rings is 1. The molecule has 0 aliphatic carbocycles. The highest BCUT2D eigenvalue weighted by atomic mass is 15.2. The Morgan fingerprint density at radius 3 is 2.67 bits per heavy atom. The van der Waals surface area contributed by atoms with Crippen LogP contribution in [0.4, 0.5) is 11.8 Å². The van der Waals surface area contributed by atoms with Gasteiger partial charge < -0.3 is 10.6 Å². The van der Waals surface area contributed by atoms with Crippen molar-refractivity contribution in [3.8, 4) is 0 Å². The Hall–Kier alpha value is -2.21. The molecule has 0 spiro atoms. The summed E-state index contributed by atoms with van der Waals surface area (Å²) in [5.41, 5.74) is 9.21. The zero-order valence-corrected chi connectivity index (χ0v) is 14.0. The zero-order valence-electron chi connectivity index (χ0n) is 14.0. The Morgan fingerprint density at radius 1 is 1.00 bits per heavy atom. The number of nitrogens with zero attached hydrogens (tertiary/aromatic N) is 5. The van der Waals surface area contributed by atoms with Crippen LogP contribution >= 0.6 is 0 Å². The van der Waals surface area contributed by atoms with E-state index in [9.17, 15) is 0 Å². The van der Waals surface area contributed by atoms with Crippen LogP contribution in [0.25, 0.3) is 0 Å². The van der Waals surface area contributed by atoms with Crippen LogP contribution in [0.2, 0.25) is 0 Å². The van der Waals surface area contributed by atoms with Crippen LogP contribution in [-0.4, -0.2) is 39.5 Å². The summed E-state index contributed by atoms with van der Waals surface area (Å²) in [6, 6.07) is 4.38. The lowest BCUT2D eigenvalue weighted by Crippen LogP contribution is -2.31. The van der Waals surface area contributed by atoms with Crippen molar-refractivity contribution in [2.45, 2.75) is 38.8 Å². The Bertz CT molecular complexity index is 693. The molecule has 2 aliphatic heterocycles. The molecule has 126 valence electrons. The molecule has 4 heterocycles. The van der Waals surface area contributed by atoms with Gasteiger partial charge in [-0.3, -0.25) is 4.90 Å². The minimum absolute atomic E-state index is 0.375. The summed E-state index contributed by atoms with van der Waals surface area (Å²) in [5, 5.41) is 0. The van der Waals surface area contributed by atoms with E-state index in [1.54, 1.807) is 0 Å². The molecule has 0 bridgehead atoms. The van der Waals surface area contributed by atoms with Crippen LogP contribution in [0.5, 0.6) is 0 Å². The van der Waals surface area contributed by atoms with E-state index in [4.69, 9.17) is 5.73 Å². The van der Waals surface area contributed by atoms with Crippen molar-refractivity contribution < 1.29 is 0 Å². The average molecular weight is 324 g/mol. The third kappa shape index (κ3) is 3.33. The molecule has 0 atom stereocenters. The van der Waals surface area contributed by atoms with Gasteiger partial charge in [-0.2, -0.15) is 0 Å².